The summed E-state index contributed by atoms with van der Waals surface area (Å²) < 4.78 is 0. The molecular formula is C13H22N2O3. The molecule has 0 aromatic rings. The van der Waals surface area contributed by atoms with E-state index in [0.29, 0.717) is 18.8 Å². The molecule has 0 aliphatic heterocycles. The van der Waals surface area contributed by atoms with Crippen LogP contribution in [0.15, 0.2) is 12.7 Å². The third kappa shape index (κ3) is 3.48. The molecule has 1 aliphatic rings. The maximum Gasteiger partial charge on any atom is 0.329 e. The zero-order valence-corrected chi connectivity index (χ0v) is 11.0. The van der Waals surface area contributed by atoms with Gasteiger partial charge in [0.2, 0.25) is 0 Å². The second-order valence-corrected chi connectivity index (χ2v) is 5.21. The second-order valence-electron chi connectivity index (χ2n) is 5.21. The number of aliphatic carboxylic acids is 1. The Morgan fingerprint density at radius 3 is 2.72 bits per heavy atom. The molecule has 102 valence electrons. The normalized spacial score (nSPS) is 29.1. The molecule has 0 radical (unpaired) electrons. The fourth-order valence-electron chi connectivity index (χ4n) is 2.43. The predicted octanol–water partition coefficient (Wildman–Crippen LogP) is 1.89. The Hall–Kier alpha value is -1.52. The van der Waals surface area contributed by atoms with Crippen LogP contribution < -0.4 is 10.6 Å². The molecule has 1 aliphatic carbocycles. The number of hydrogen-bond acceptors (Lipinski definition) is 2. The van der Waals surface area contributed by atoms with Gasteiger partial charge in [-0.05, 0) is 25.7 Å². The fourth-order valence-corrected chi connectivity index (χ4v) is 2.43. The molecule has 0 saturated heterocycles. The minimum Gasteiger partial charge on any atom is -0.480 e. The van der Waals surface area contributed by atoms with Gasteiger partial charge in [-0.15, -0.1) is 6.58 Å². The molecule has 5 heteroatoms. The molecule has 0 aromatic heterocycles. The molecule has 18 heavy (non-hydrogen) atoms. The number of carbonyl (C=O) groups excluding carboxylic acids is 1. The number of rotatable bonds is 4. The van der Waals surface area contributed by atoms with Crippen LogP contribution in [-0.4, -0.2) is 28.7 Å². The van der Waals surface area contributed by atoms with E-state index in [1.54, 1.807) is 13.0 Å². The highest BCUT2D eigenvalue weighted by Crippen LogP contribution is 2.32. The van der Waals surface area contributed by atoms with Gasteiger partial charge in [0, 0.05) is 6.04 Å². The standard InChI is InChI=1S/C13H22N2O3/c1-4-10(3)14-12(18)15-13(11(16)17)7-5-6-9(2)8-13/h4,9-10H,1,5-8H2,2-3H3,(H,16,17)(H2,14,15,18). The molecular weight excluding hydrogens is 232 g/mol. The van der Waals surface area contributed by atoms with Crippen molar-refractivity contribution in [2.75, 3.05) is 0 Å². The van der Waals surface area contributed by atoms with Crippen LogP contribution in [0.2, 0.25) is 0 Å². The third-order valence-electron chi connectivity index (χ3n) is 3.47. The summed E-state index contributed by atoms with van der Waals surface area (Å²) in [5.74, 6) is -0.637. The van der Waals surface area contributed by atoms with Crippen molar-refractivity contribution in [2.24, 2.45) is 5.92 Å². The Bertz CT molecular complexity index is 343. The zero-order chi connectivity index (χ0) is 13.8. The molecule has 2 amide bonds. The first-order valence-corrected chi connectivity index (χ1v) is 6.34. The number of amides is 2. The number of carboxylic acid groups (broad SMARTS) is 1. The highest BCUT2D eigenvalue weighted by Gasteiger charge is 2.43. The van der Waals surface area contributed by atoms with Crippen LogP contribution in [0.5, 0.6) is 0 Å². The summed E-state index contributed by atoms with van der Waals surface area (Å²) in [6.45, 7) is 7.36. The largest absolute Gasteiger partial charge is 0.480 e. The van der Waals surface area contributed by atoms with Gasteiger partial charge >= 0.3 is 12.0 Å². The van der Waals surface area contributed by atoms with E-state index in [2.05, 4.69) is 17.2 Å². The van der Waals surface area contributed by atoms with Gasteiger partial charge in [0.25, 0.3) is 0 Å². The van der Waals surface area contributed by atoms with Crippen LogP contribution in [0.25, 0.3) is 0 Å². The summed E-state index contributed by atoms with van der Waals surface area (Å²) in [5, 5.41) is 14.7. The van der Waals surface area contributed by atoms with Gasteiger partial charge in [-0.25, -0.2) is 9.59 Å². The molecule has 1 fully saturated rings. The third-order valence-corrected chi connectivity index (χ3v) is 3.47. The van der Waals surface area contributed by atoms with E-state index in [1.165, 1.54) is 0 Å². The van der Waals surface area contributed by atoms with E-state index in [1.807, 2.05) is 6.92 Å². The molecule has 3 atom stereocenters. The number of hydrogen-bond donors (Lipinski definition) is 3. The van der Waals surface area contributed by atoms with E-state index < -0.39 is 17.5 Å². The first kappa shape index (κ1) is 14.5. The van der Waals surface area contributed by atoms with Crippen LogP contribution in [0, 0.1) is 5.92 Å². The van der Waals surface area contributed by atoms with Crippen molar-refractivity contribution in [1.82, 2.24) is 10.6 Å². The van der Waals surface area contributed by atoms with Gasteiger partial charge in [-0.1, -0.05) is 25.8 Å². The smallest absolute Gasteiger partial charge is 0.329 e. The minimum atomic E-state index is -1.12. The van der Waals surface area contributed by atoms with Crippen molar-refractivity contribution < 1.29 is 14.7 Å². The average Bonchev–Trinajstić information content (AvgIpc) is 2.28. The molecule has 3 unspecified atom stereocenters. The van der Waals surface area contributed by atoms with E-state index in [4.69, 9.17) is 0 Å². The molecule has 0 aromatic carbocycles. The van der Waals surface area contributed by atoms with Crippen LogP contribution >= 0.6 is 0 Å². The van der Waals surface area contributed by atoms with Gasteiger partial charge in [-0.2, -0.15) is 0 Å². The van der Waals surface area contributed by atoms with Crippen molar-refractivity contribution >= 4 is 12.0 Å². The van der Waals surface area contributed by atoms with Crippen molar-refractivity contribution in [2.45, 2.75) is 51.1 Å². The van der Waals surface area contributed by atoms with Crippen LogP contribution in [0.1, 0.15) is 39.5 Å². The molecule has 1 saturated carbocycles. The highest BCUT2D eigenvalue weighted by molar-refractivity contribution is 5.86. The Morgan fingerprint density at radius 1 is 1.56 bits per heavy atom. The lowest BCUT2D eigenvalue weighted by atomic mass is 9.76. The lowest BCUT2D eigenvalue weighted by molar-refractivity contribution is -0.146. The highest BCUT2D eigenvalue weighted by atomic mass is 16.4. The van der Waals surface area contributed by atoms with Gasteiger partial charge in [-0.3, -0.25) is 0 Å². The number of carbonyl (C=O) groups is 2. The second kappa shape index (κ2) is 5.89. The lowest BCUT2D eigenvalue weighted by Crippen LogP contribution is -2.59. The molecule has 5 nitrogen and oxygen atoms in total. The van der Waals surface area contributed by atoms with E-state index in [-0.39, 0.29) is 6.04 Å². The summed E-state index contributed by atoms with van der Waals surface area (Å²) in [6, 6.07) is -0.629. The maximum atomic E-state index is 11.8. The average molecular weight is 254 g/mol. The Morgan fingerprint density at radius 2 is 2.22 bits per heavy atom. The summed E-state index contributed by atoms with van der Waals surface area (Å²) in [6.07, 6.45) is 4.41. The van der Waals surface area contributed by atoms with Gasteiger partial charge in [0.05, 0.1) is 0 Å². The topological polar surface area (TPSA) is 78.4 Å². The van der Waals surface area contributed by atoms with Crippen LogP contribution in [0.3, 0.4) is 0 Å². The van der Waals surface area contributed by atoms with Gasteiger partial charge in [0.1, 0.15) is 5.54 Å². The summed E-state index contributed by atoms with van der Waals surface area (Å²) in [4.78, 5) is 23.2. The monoisotopic (exact) mass is 254 g/mol. The SMILES string of the molecule is C=CC(C)NC(=O)NC1(C(=O)O)CCCC(C)C1. The van der Waals surface area contributed by atoms with Gasteiger partial charge < -0.3 is 15.7 Å². The summed E-state index contributed by atoms with van der Waals surface area (Å²) >= 11 is 0. The number of urea groups is 1. The van der Waals surface area contributed by atoms with Crippen molar-refractivity contribution in [1.29, 1.82) is 0 Å². The lowest BCUT2D eigenvalue weighted by Gasteiger charge is -2.37. The Kier molecular flexibility index (Phi) is 4.76. The number of carboxylic acids is 1. The Labute approximate surface area is 108 Å². The molecule has 0 bridgehead atoms. The number of nitrogens with one attached hydrogen (secondary N) is 2. The van der Waals surface area contributed by atoms with E-state index in [9.17, 15) is 14.7 Å². The molecule has 0 heterocycles. The van der Waals surface area contributed by atoms with Crippen LogP contribution in [-0.2, 0) is 4.79 Å². The molecule has 3 N–H and O–H groups in total. The molecule has 0 spiro atoms. The minimum absolute atomic E-state index is 0.183. The first-order chi connectivity index (χ1) is 8.39. The van der Waals surface area contributed by atoms with Gasteiger partial charge in [0.15, 0.2) is 0 Å². The first-order valence-electron chi connectivity index (χ1n) is 6.34. The summed E-state index contributed by atoms with van der Waals surface area (Å²) in [7, 11) is 0. The zero-order valence-electron chi connectivity index (χ0n) is 11.0. The maximum absolute atomic E-state index is 11.8. The predicted molar refractivity (Wildman–Crippen MR) is 69.3 cm³/mol. The van der Waals surface area contributed by atoms with Crippen molar-refractivity contribution in [3.05, 3.63) is 12.7 Å². The van der Waals surface area contributed by atoms with E-state index in [0.717, 1.165) is 12.8 Å². The quantitative estimate of drug-likeness (QED) is 0.670. The van der Waals surface area contributed by atoms with E-state index >= 15 is 0 Å². The summed E-state index contributed by atoms with van der Waals surface area (Å²) in [5.41, 5.74) is -1.12. The van der Waals surface area contributed by atoms with Crippen molar-refractivity contribution in [3.8, 4) is 0 Å². The molecule has 1 rings (SSSR count). The van der Waals surface area contributed by atoms with Crippen molar-refractivity contribution in [3.63, 3.8) is 0 Å². The van der Waals surface area contributed by atoms with Crippen LogP contribution in [0.4, 0.5) is 4.79 Å². The fraction of sp³-hybridized carbons (Fsp3) is 0.692. The Balaban J connectivity index is 2.71.